The molecule has 0 bridgehead atoms. The van der Waals surface area contributed by atoms with Crippen molar-refractivity contribution >= 4 is 23.1 Å². The van der Waals surface area contributed by atoms with Gasteiger partial charge in [0, 0.05) is 30.7 Å². The Morgan fingerprint density at radius 3 is 3.19 bits per heavy atom. The van der Waals surface area contributed by atoms with E-state index >= 15 is 0 Å². The van der Waals surface area contributed by atoms with Gasteiger partial charge in [0.1, 0.15) is 0 Å². The largest absolute Gasteiger partial charge is 0.322 e. The smallest absolute Gasteiger partial charge is 0.320 e. The van der Waals surface area contributed by atoms with Gasteiger partial charge in [-0.25, -0.2) is 4.79 Å². The Morgan fingerprint density at radius 2 is 2.38 bits per heavy atom. The summed E-state index contributed by atoms with van der Waals surface area (Å²) in [5, 5.41) is 9.30. The summed E-state index contributed by atoms with van der Waals surface area (Å²) in [6.45, 7) is 6.63. The number of rotatable bonds is 3. The average molecular weight is 304 g/mol. The molecule has 1 aliphatic heterocycles. The van der Waals surface area contributed by atoms with Gasteiger partial charge in [-0.2, -0.15) is 5.10 Å². The van der Waals surface area contributed by atoms with Gasteiger partial charge in [-0.05, 0) is 29.3 Å². The number of urea groups is 1. The van der Waals surface area contributed by atoms with Crippen LogP contribution in [0.25, 0.3) is 0 Å². The fraction of sp³-hybridized carbons (Fsp3) is 0.467. The lowest BCUT2D eigenvalue weighted by atomic mass is 10.1. The zero-order chi connectivity index (χ0) is 14.8. The van der Waals surface area contributed by atoms with Crippen molar-refractivity contribution in [2.45, 2.75) is 33.4 Å². The van der Waals surface area contributed by atoms with Gasteiger partial charge in [-0.3, -0.25) is 4.68 Å². The molecule has 2 aromatic heterocycles. The maximum absolute atomic E-state index is 12.3. The maximum Gasteiger partial charge on any atom is 0.322 e. The van der Waals surface area contributed by atoms with Gasteiger partial charge in [0.2, 0.25) is 0 Å². The second kappa shape index (κ2) is 5.89. The van der Waals surface area contributed by atoms with Crippen molar-refractivity contribution in [3.8, 4) is 0 Å². The van der Waals surface area contributed by atoms with E-state index in [1.165, 1.54) is 10.4 Å². The van der Waals surface area contributed by atoms with Gasteiger partial charge >= 0.3 is 6.03 Å². The zero-order valence-corrected chi connectivity index (χ0v) is 13.2. The number of hydrogen-bond acceptors (Lipinski definition) is 3. The molecular weight excluding hydrogens is 284 g/mol. The monoisotopic (exact) mass is 304 g/mol. The highest BCUT2D eigenvalue weighted by Gasteiger charge is 2.21. The summed E-state index contributed by atoms with van der Waals surface area (Å²) in [5.41, 5.74) is 2.04. The second-order valence-electron chi connectivity index (χ2n) is 5.82. The molecule has 0 atom stereocenters. The van der Waals surface area contributed by atoms with E-state index in [9.17, 15) is 4.79 Å². The first-order valence-electron chi connectivity index (χ1n) is 7.25. The molecule has 0 radical (unpaired) electrons. The molecule has 0 aromatic carbocycles. The molecule has 2 aromatic rings. The van der Waals surface area contributed by atoms with E-state index in [4.69, 9.17) is 0 Å². The third-order valence-electron chi connectivity index (χ3n) is 3.53. The molecule has 0 aliphatic carbocycles. The number of anilines is 1. The molecule has 0 fully saturated rings. The van der Waals surface area contributed by atoms with E-state index in [2.05, 4.69) is 35.7 Å². The SMILES string of the molecule is CC(C)Cn1cc(NC(=O)N2CCc3sccc3C2)cn1. The molecule has 21 heavy (non-hydrogen) atoms. The number of thiophene rings is 1. The molecule has 3 heterocycles. The van der Waals surface area contributed by atoms with Crippen LogP contribution in [-0.2, 0) is 19.5 Å². The lowest BCUT2D eigenvalue weighted by Gasteiger charge is -2.26. The molecule has 0 unspecified atom stereocenters. The minimum atomic E-state index is -0.0454. The van der Waals surface area contributed by atoms with Crippen LogP contribution >= 0.6 is 11.3 Å². The van der Waals surface area contributed by atoms with Crippen LogP contribution in [0.5, 0.6) is 0 Å². The fourth-order valence-electron chi connectivity index (χ4n) is 2.53. The van der Waals surface area contributed by atoms with Crippen LogP contribution in [0.15, 0.2) is 23.8 Å². The summed E-state index contributed by atoms with van der Waals surface area (Å²) in [4.78, 5) is 15.6. The van der Waals surface area contributed by atoms with Crippen LogP contribution in [0.3, 0.4) is 0 Å². The van der Waals surface area contributed by atoms with E-state index < -0.39 is 0 Å². The molecule has 112 valence electrons. The Balaban J connectivity index is 1.60. The molecule has 1 aliphatic rings. The summed E-state index contributed by atoms with van der Waals surface area (Å²) in [6.07, 6.45) is 4.55. The van der Waals surface area contributed by atoms with Crippen LogP contribution in [0.4, 0.5) is 10.5 Å². The van der Waals surface area contributed by atoms with Crippen LogP contribution in [0.1, 0.15) is 24.3 Å². The van der Waals surface area contributed by atoms with Crippen molar-refractivity contribution in [2.75, 3.05) is 11.9 Å². The van der Waals surface area contributed by atoms with Crippen LogP contribution in [-0.4, -0.2) is 27.3 Å². The van der Waals surface area contributed by atoms with Gasteiger partial charge in [0.25, 0.3) is 0 Å². The number of nitrogens with one attached hydrogen (secondary N) is 1. The Labute approximate surface area is 128 Å². The highest BCUT2D eigenvalue weighted by Crippen LogP contribution is 2.24. The first kappa shape index (κ1) is 14.1. The molecule has 3 rings (SSSR count). The van der Waals surface area contributed by atoms with E-state index in [-0.39, 0.29) is 6.03 Å². The number of hydrogen-bond donors (Lipinski definition) is 1. The molecule has 2 amide bonds. The number of fused-ring (bicyclic) bond motifs is 1. The molecule has 1 N–H and O–H groups in total. The van der Waals surface area contributed by atoms with Crippen molar-refractivity contribution in [2.24, 2.45) is 5.92 Å². The molecule has 5 nitrogen and oxygen atoms in total. The third kappa shape index (κ3) is 3.26. The number of aromatic nitrogens is 2. The fourth-order valence-corrected chi connectivity index (χ4v) is 3.42. The lowest BCUT2D eigenvalue weighted by molar-refractivity contribution is 0.207. The summed E-state index contributed by atoms with van der Waals surface area (Å²) in [7, 11) is 0. The summed E-state index contributed by atoms with van der Waals surface area (Å²) in [5.74, 6) is 0.535. The van der Waals surface area contributed by atoms with E-state index in [1.54, 1.807) is 17.5 Å². The molecular formula is C15H20N4OS. The maximum atomic E-state index is 12.3. The highest BCUT2D eigenvalue weighted by molar-refractivity contribution is 7.10. The minimum absolute atomic E-state index is 0.0454. The normalized spacial score (nSPS) is 14.3. The van der Waals surface area contributed by atoms with Gasteiger partial charge < -0.3 is 10.2 Å². The van der Waals surface area contributed by atoms with Crippen molar-refractivity contribution in [1.29, 1.82) is 0 Å². The Kier molecular flexibility index (Phi) is 3.96. The van der Waals surface area contributed by atoms with Gasteiger partial charge in [0.05, 0.1) is 11.9 Å². The van der Waals surface area contributed by atoms with E-state index in [0.717, 1.165) is 25.2 Å². The van der Waals surface area contributed by atoms with Crippen molar-refractivity contribution in [1.82, 2.24) is 14.7 Å². The van der Waals surface area contributed by atoms with Crippen LogP contribution in [0.2, 0.25) is 0 Å². The first-order chi connectivity index (χ1) is 10.1. The van der Waals surface area contributed by atoms with E-state index in [0.29, 0.717) is 12.5 Å². The number of carbonyl (C=O) groups is 1. The second-order valence-corrected chi connectivity index (χ2v) is 6.82. The standard InChI is InChI=1S/C15H20N4OS/c1-11(2)8-19-10-13(7-16-19)17-15(20)18-5-3-14-12(9-18)4-6-21-14/h4,6-7,10-11H,3,5,8-9H2,1-2H3,(H,17,20). The number of nitrogens with zero attached hydrogens (tertiary/aromatic N) is 3. The van der Waals surface area contributed by atoms with Crippen LogP contribution in [0, 0.1) is 5.92 Å². The highest BCUT2D eigenvalue weighted by atomic mass is 32.1. The quantitative estimate of drug-likeness (QED) is 0.946. The molecule has 6 heteroatoms. The predicted molar refractivity (Wildman–Crippen MR) is 84.5 cm³/mol. The Bertz CT molecular complexity index is 631. The molecule has 0 spiro atoms. The van der Waals surface area contributed by atoms with Crippen molar-refractivity contribution in [3.63, 3.8) is 0 Å². The molecule has 0 saturated carbocycles. The first-order valence-corrected chi connectivity index (χ1v) is 8.13. The van der Waals surface area contributed by atoms with Crippen LogP contribution < -0.4 is 5.32 Å². The predicted octanol–water partition coefficient (Wildman–Crippen LogP) is 3.19. The summed E-state index contributed by atoms with van der Waals surface area (Å²) in [6, 6.07) is 2.07. The molecule has 0 saturated heterocycles. The topological polar surface area (TPSA) is 50.2 Å². The van der Waals surface area contributed by atoms with Crippen molar-refractivity contribution in [3.05, 3.63) is 34.3 Å². The average Bonchev–Trinajstić information content (AvgIpc) is 3.06. The number of amides is 2. The van der Waals surface area contributed by atoms with Gasteiger partial charge in [-0.1, -0.05) is 13.8 Å². The third-order valence-corrected chi connectivity index (χ3v) is 4.55. The van der Waals surface area contributed by atoms with E-state index in [1.807, 2.05) is 15.8 Å². The van der Waals surface area contributed by atoms with Gasteiger partial charge in [-0.15, -0.1) is 11.3 Å². The Hall–Kier alpha value is -1.82. The zero-order valence-electron chi connectivity index (χ0n) is 12.4. The van der Waals surface area contributed by atoms with Crippen molar-refractivity contribution < 1.29 is 4.79 Å². The number of carbonyl (C=O) groups excluding carboxylic acids is 1. The summed E-state index contributed by atoms with van der Waals surface area (Å²) >= 11 is 1.78. The Morgan fingerprint density at radius 1 is 1.52 bits per heavy atom. The lowest BCUT2D eigenvalue weighted by Crippen LogP contribution is -2.38. The minimum Gasteiger partial charge on any atom is -0.320 e. The van der Waals surface area contributed by atoms with Gasteiger partial charge in [0.15, 0.2) is 0 Å². The summed E-state index contributed by atoms with van der Waals surface area (Å²) < 4.78 is 1.87.